The molecule has 0 aromatic heterocycles. The van der Waals surface area contributed by atoms with Crippen molar-refractivity contribution in [3.8, 4) is 5.75 Å². The van der Waals surface area contributed by atoms with Gasteiger partial charge in [0, 0.05) is 12.1 Å². The normalized spacial score (nSPS) is 10.5. The maximum absolute atomic E-state index is 12.1. The number of rotatable bonds is 13. The largest absolute Gasteiger partial charge is 0.462 e. The van der Waals surface area contributed by atoms with E-state index in [0.717, 1.165) is 19.3 Å². The van der Waals surface area contributed by atoms with Crippen molar-refractivity contribution in [1.29, 1.82) is 0 Å². The fraction of sp³-hybridized carbons (Fsp3) is 0.417. The summed E-state index contributed by atoms with van der Waals surface area (Å²) in [5.74, 6) is -0.779. The number of nitro groups is 1. The summed E-state index contributed by atoms with van der Waals surface area (Å²) in [7, 11) is 0. The summed E-state index contributed by atoms with van der Waals surface area (Å²) in [6.45, 7) is 2.60. The lowest BCUT2D eigenvalue weighted by Crippen LogP contribution is -2.09. The Labute approximate surface area is 182 Å². The van der Waals surface area contributed by atoms with Gasteiger partial charge in [-0.25, -0.2) is 9.59 Å². The number of nitrogens with zero attached hydrogens (tertiary/aromatic N) is 1. The zero-order chi connectivity index (χ0) is 22.5. The van der Waals surface area contributed by atoms with E-state index in [1.54, 1.807) is 0 Å². The third kappa shape index (κ3) is 8.58. The minimum absolute atomic E-state index is 0.105. The van der Waals surface area contributed by atoms with Crippen LogP contribution in [-0.2, 0) is 4.74 Å². The van der Waals surface area contributed by atoms with Crippen LogP contribution in [0.4, 0.5) is 5.69 Å². The highest BCUT2D eigenvalue weighted by atomic mass is 16.6. The van der Waals surface area contributed by atoms with E-state index in [9.17, 15) is 19.7 Å². The minimum atomic E-state index is -0.639. The standard InChI is InChI=1S/C24H29NO6/c1-2-3-4-5-6-7-8-9-18-30-23(26)19-12-16-22(17-13-19)31-24(27)20-10-14-21(15-11-20)25(28)29/h10-17H,2-9,18H2,1H3. The van der Waals surface area contributed by atoms with Crippen LogP contribution in [0.1, 0.15) is 79.0 Å². The Balaban J connectivity index is 1.71. The summed E-state index contributed by atoms with van der Waals surface area (Å²) in [6.07, 6.45) is 9.41. The molecule has 0 radical (unpaired) electrons. The molecule has 0 spiro atoms. The van der Waals surface area contributed by atoms with Crippen molar-refractivity contribution in [2.45, 2.75) is 58.3 Å². The molecule has 0 heterocycles. The maximum atomic E-state index is 12.1. The molecule has 0 saturated carbocycles. The van der Waals surface area contributed by atoms with Crippen molar-refractivity contribution in [2.24, 2.45) is 0 Å². The molecule has 0 aliphatic rings. The van der Waals surface area contributed by atoms with Crippen molar-refractivity contribution in [3.05, 3.63) is 69.8 Å². The Hall–Kier alpha value is -3.22. The monoisotopic (exact) mass is 427 g/mol. The number of unbranched alkanes of at least 4 members (excludes halogenated alkanes) is 7. The van der Waals surface area contributed by atoms with Gasteiger partial charge in [-0.2, -0.15) is 0 Å². The second-order valence-electron chi connectivity index (χ2n) is 7.33. The van der Waals surface area contributed by atoms with Crippen molar-refractivity contribution >= 4 is 17.6 Å². The van der Waals surface area contributed by atoms with Gasteiger partial charge in [0.1, 0.15) is 5.75 Å². The van der Waals surface area contributed by atoms with Crippen LogP contribution in [0.15, 0.2) is 48.5 Å². The Morgan fingerprint density at radius 2 is 1.29 bits per heavy atom. The van der Waals surface area contributed by atoms with Gasteiger partial charge in [0.2, 0.25) is 0 Å². The van der Waals surface area contributed by atoms with E-state index in [2.05, 4.69) is 6.92 Å². The first-order valence-corrected chi connectivity index (χ1v) is 10.7. The molecule has 0 aliphatic carbocycles. The number of non-ortho nitro benzene ring substituents is 1. The second kappa shape index (κ2) is 13.2. The van der Waals surface area contributed by atoms with Crippen LogP contribution < -0.4 is 4.74 Å². The Morgan fingerprint density at radius 1 is 0.774 bits per heavy atom. The zero-order valence-electron chi connectivity index (χ0n) is 17.9. The first-order chi connectivity index (χ1) is 15.0. The predicted octanol–water partition coefficient (Wildman–Crippen LogP) is 6.11. The molecule has 7 nitrogen and oxygen atoms in total. The molecular formula is C24H29NO6. The number of hydrogen-bond donors (Lipinski definition) is 0. The van der Waals surface area contributed by atoms with Crippen LogP contribution in [-0.4, -0.2) is 23.5 Å². The van der Waals surface area contributed by atoms with Crippen LogP contribution in [0, 0.1) is 10.1 Å². The van der Waals surface area contributed by atoms with E-state index >= 15 is 0 Å². The van der Waals surface area contributed by atoms with Gasteiger partial charge < -0.3 is 9.47 Å². The predicted molar refractivity (Wildman–Crippen MR) is 117 cm³/mol. The van der Waals surface area contributed by atoms with E-state index < -0.39 is 16.9 Å². The molecule has 31 heavy (non-hydrogen) atoms. The average Bonchev–Trinajstić information content (AvgIpc) is 2.78. The highest BCUT2D eigenvalue weighted by molar-refractivity contribution is 5.92. The molecule has 0 bridgehead atoms. The van der Waals surface area contributed by atoms with E-state index in [-0.39, 0.29) is 17.0 Å². The number of carbonyl (C=O) groups excluding carboxylic acids is 2. The summed E-state index contributed by atoms with van der Waals surface area (Å²) >= 11 is 0. The Kier molecular flexibility index (Phi) is 10.2. The van der Waals surface area contributed by atoms with E-state index in [4.69, 9.17) is 9.47 Å². The van der Waals surface area contributed by atoms with Crippen molar-refractivity contribution in [2.75, 3.05) is 6.61 Å². The topological polar surface area (TPSA) is 95.7 Å². The van der Waals surface area contributed by atoms with Gasteiger partial charge in [0.15, 0.2) is 0 Å². The van der Waals surface area contributed by atoms with E-state index in [0.29, 0.717) is 12.2 Å². The van der Waals surface area contributed by atoms with Crippen LogP contribution in [0.2, 0.25) is 0 Å². The molecule has 0 aliphatic heterocycles. The highest BCUT2D eigenvalue weighted by Crippen LogP contribution is 2.17. The zero-order valence-corrected chi connectivity index (χ0v) is 17.9. The number of ether oxygens (including phenoxy) is 2. The maximum Gasteiger partial charge on any atom is 0.343 e. The molecule has 0 fully saturated rings. The average molecular weight is 427 g/mol. The first-order valence-electron chi connectivity index (χ1n) is 10.7. The lowest BCUT2D eigenvalue weighted by molar-refractivity contribution is -0.384. The molecule has 0 saturated heterocycles. The first kappa shape index (κ1) is 24.1. The summed E-state index contributed by atoms with van der Waals surface area (Å²) in [4.78, 5) is 34.4. The van der Waals surface area contributed by atoms with Crippen LogP contribution in [0.25, 0.3) is 0 Å². The van der Waals surface area contributed by atoms with E-state index in [1.807, 2.05) is 0 Å². The fourth-order valence-corrected chi connectivity index (χ4v) is 3.03. The van der Waals surface area contributed by atoms with Gasteiger partial charge in [0.05, 0.1) is 22.7 Å². The molecule has 166 valence electrons. The quantitative estimate of drug-likeness (QED) is 0.126. The van der Waals surface area contributed by atoms with Crippen LogP contribution in [0.5, 0.6) is 5.75 Å². The van der Waals surface area contributed by atoms with Gasteiger partial charge in [-0.1, -0.05) is 51.9 Å². The molecule has 2 aromatic rings. The van der Waals surface area contributed by atoms with Crippen molar-refractivity contribution in [3.63, 3.8) is 0 Å². The second-order valence-corrected chi connectivity index (χ2v) is 7.33. The Morgan fingerprint density at radius 3 is 1.87 bits per heavy atom. The number of hydrogen-bond acceptors (Lipinski definition) is 6. The lowest BCUT2D eigenvalue weighted by Gasteiger charge is -2.07. The van der Waals surface area contributed by atoms with Gasteiger partial charge in [-0.05, 0) is 42.8 Å². The molecule has 0 atom stereocenters. The molecule has 2 aromatic carbocycles. The molecule has 0 N–H and O–H groups in total. The smallest absolute Gasteiger partial charge is 0.343 e. The summed E-state index contributed by atoms with van der Waals surface area (Å²) in [5.41, 5.74) is 0.473. The van der Waals surface area contributed by atoms with Gasteiger partial charge in [0.25, 0.3) is 5.69 Å². The summed E-state index contributed by atoms with van der Waals surface area (Å²) < 4.78 is 10.5. The number of nitro benzene ring substituents is 1. The number of esters is 2. The fourth-order valence-electron chi connectivity index (χ4n) is 3.03. The van der Waals surface area contributed by atoms with Gasteiger partial charge in [-0.15, -0.1) is 0 Å². The molecule has 0 amide bonds. The molecule has 2 rings (SSSR count). The molecule has 0 unspecified atom stereocenters. The third-order valence-electron chi connectivity index (χ3n) is 4.85. The van der Waals surface area contributed by atoms with Gasteiger partial charge in [-0.3, -0.25) is 10.1 Å². The van der Waals surface area contributed by atoms with Crippen LogP contribution >= 0.6 is 0 Å². The van der Waals surface area contributed by atoms with E-state index in [1.165, 1.54) is 80.6 Å². The van der Waals surface area contributed by atoms with Crippen LogP contribution in [0.3, 0.4) is 0 Å². The summed E-state index contributed by atoms with van der Waals surface area (Å²) in [5, 5.41) is 10.7. The number of carbonyl (C=O) groups is 2. The minimum Gasteiger partial charge on any atom is -0.462 e. The summed E-state index contributed by atoms with van der Waals surface area (Å²) in [6, 6.07) is 11.2. The third-order valence-corrected chi connectivity index (χ3v) is 4.85. The molecule has 7 heteroatoms. The lowest BCUT2D eigenvalue weighted by atomic mass is 10.1. The van der Waals surface area contributed by atoms with Gasteiger partial charge >= 0.3 is 11.9 Å². The van der Waals surface area contributed by atoms with Crippen molar-refractivity contribution in [1.82, 2.24) is 0 Å². The number of benzene rings is 2. The SMILES string of the molecule is CCCCCCCCCCOC(=O)c1ccc(OC(=O)c2ccc([N+](=O)[O-])cc2)cc1. The molecular weight excluding hydrogens is 398 g/mol. The Bertz CT molecular complexity index is 845. The van der Waals surface area contributed by atoms with Crippen molar-refractivity contribution < 1.29 is 24.0 Å². The highest BCUT2D eigenvalue weighted by Gasteiger charge is 2.13.